The van der Waals surface area contributed by atoms with E-state index in [9.17, 15) is 9.90 Å². The first kappa shape index (κ1) is 18.3. The predicted octanol–water partition coefficient (Wildman–Crippen LogP) is 4.57. The van der Waals surface area contributed by atoms with E-state index >= 15 is 0 Å². The quantitative estimate of drug-likeness (QED) is 0.576. The Bertz CT molecular complexity index is 519. The van der Waals surface area contributed by atoms with Gasteiger partial charge in [0, 0.05) is 6.08 Å². The van der Waals surface area contributed by atoms with Crippen LogP contribution in [0.15, 0.2) is 23.3 Å². The number of aliphatic carboxylic acids is 1. The lowest BCUT2D eigenvalue weighted by molar-refractivity contribution is -0.131. The Morgan fingerprint density at radius 2 is 2.09 bits per heavy atom. The minimum atomic E-state index is -0.850. The van der Waals surface area contributed by atoms with Gasteiger partial charge in [0.05, 0.1) is 6.61 Å². The van der Waals surface area contributed by atoms with E-state index < -0.39 is 5.97 Å². The lowest BCUT2D eigenvalue weighted by Crippen LogP contribution is -2.50. The van der Waals surface area contributed by atoms with Crippen LogP contribution >= 0.6 is 0 Å². The summed E-state index contributed by atoms with van der Waals surface area (Å²) in [5, 5.41) is 18.7. The Balaban J connectivity index is 2.24. The molecule has 2 aliphatic rings. The van der Waals surface area contributed by atoms with Crippen molar-refractivity contribution in [2.24, 2.45) is 22.7 Å². The number of fused-ring (bicyclic) bond motifs is 1. The molecule has 1 saturated carbocycles. The van der Waals surface area contributed by atoms with Crippen molar-refractivity contribution >= 4 is 5.97 Å². The highest BCUT2D eigenvalue weighted by Gasteiger charge is 2.53. The average molecular weight is 320 g/mol. The zero-order chi connectivity index (χ0) is 17.3. The molecule has 0 heterocycles. The summed E-state index contributed by atoms with van der Waals surface area (Å²) in [7, 11) is 0. The van der Waals surface area contributed by atoms with Crippen LogP contribution in [0.4, 0.5) is 0 Å². The Labute approximate surface area is 140 Å². The summed E-state index contributed by atoms with van der Waals surface area (Å²) in [6, 6.07) is 0. The van der Waals surface area contributed by atoms with Crippen LogP contribution in [0.5, 0.6) is 0 Å². The number of rotatable bonds is 5. The van der Waals surface area contributed by atoms with Crippen molar-refractivity contribution in [2.75, 3.05) is 6.61 Å². The molecule has 2 N–H and O–H groups in total. The van der Waals surface area contributed by atoms with Gasteiger partial charge in [0.15, 0.2) is 0 Å². The Hall–Kier alpha value is -1.09. The van der Waals surface area contributed by atoms with E-state index in [-0.39, 0.29) is 17.4 Å². The lowest BCUT2D eigenvalue weighted by Gasteiger charge is -2.58. The molecule has 3 nitrogen and oxygen atoms in total. The van der Waals surface area contributed by atoms with Gasteiger partial charge in [0.2, 0.25) is 0 Å². The van der Waals surface area contributed by atoms with Crippen LogP contribution in [0.2, 0.25) is 0 Å². The molecule has 0 bridgehead atoms. The minimum absolute atomic E-state index is 0.110. The maximum absolute atomic E-state index is 10.9. The van der Waals surface area contributed by atoms with Crippen LogP contribution in [0.1, 0.15) is 66.2 Å². The summed E-state index contributed by atoms with van der Waals surface area (Å²) in [6.45, 7) is 9.18. The van der Waals surface area contributed by atoms with Crippen molar-refractivity contribution in [1.82, 2.24) is 0 Å². The van der Waals surface area contributed by atoms with Crippen molar-refractivity contribution in [1.29, 1.82) is 0 Å². The molecule has 0 amide bonds. The van der Waals surface area contributed by atoms with Gasteiger partial charge in [-0.15, -0.1) is 0 Å². The number of carboxylic acids is 1. The molecule has 0 aliphatic heterocycles. The smallest absolute Gasteiger partial charge is 0.328 e. The van der Waals surface area contributed by atoms with Gasteiger partial charge in [0.25, 0.3) is 0 Å². The molecular weight excluding hydrogens is 288 g/mol. The Morgan fingerprint density at radius 3 is 2.70 bits per heavy atom. The van der Waals surface area contributed by atoms with Crippen molar-refractivity contribution in [3.05, 3.63) is 23.3 Å². The third-order valence-electron chi connectivity index (χ3n) is 6.97. The Morgan fingerprint density at radius 1 is 1.39 bits per heavy atom. The van der Waals surface area contributed by atoms with Crippen molar-refractivity contribution in [2.45, 2.75) is 66.2 Å². The molecule has 0 saturated heterocycles. The van der Waals surface area contributed by atoms with Crippen molar-refractivity contribution in [3.63, 3.8) is 0 Å². The van der Waals surface area contributed by atoms with Crippen LogP contribution < -0.4 is 0 Å². The highest BCUT2D eigenvalue weighted by atomic mass is 16.4. The first-order chi connectivity index (χ1) is 10.7. The SMILES string of the molecule is C/C(=C\C(=O)O)CC[C@]1(C)[C@@H](C)CC[C@@]2(C)C(CO)=CCC[C@@H]12. The summed E-state index contributed by atoms with van der Waals surface area (Å²) < 4.78 is 0. The van der Waals surface area contributed by atoms with Gasteiger partial charge in [-0.05, 0) is 73.7 Å². The number of aliphatic hydroxyl groups is 1. The zero-order valence-corrected chi connectivity index (χ0v) is 15.1. The molecule has 4 atom stereocenters. The van der Waals surface area contributed by atoms with Crippen LogP contribution in [-0.4, -0.2) is 22.8 Å². The number of allylic oxidation sites excluding steroid dienone is 2. The van der Waals surface area contributed by atoms with E-state index in [1.807, 2.05) is 6.92 Å². The fraction of sp³-hybridized carbons (Fsp3) is 0.750. The first-order valence-corrected chi connectivity index (χ1v) is 8.94. The lowest BCUT2D eigenvalue weighted by atomic mass is 9.47. The summed E-state index contributed by atoms with van der Waals surface area (Å²) in [5.74, 6) is 0.358. The number of hydrogen-bond acceptors (Lipinski definition) is 2. The molecule has 0 aromatic rings. The number of carboxylic acid groups (broad SMARTS) is 1. The summed E-state index contributed by atoms with van der Waals surface area (Å²) in [5.41, 5.74) is 2.49. The third kappa shape index (κ3) is 3.40. The topological polar surface area (TPSA) is 57.5 Å². The van der Waals surface area contributed by atoms with Gasteiger partial charge in [-0.3, -0.25) is 0 Å². The van der Waals surface area contributed by atoms with Gasteiger partial charge >= 0.3 is 5.97 Å². The second-order valence-corrected chi connectivity index (χ2v) is 8.21. The largest absolute Gasteiger partial charge is 0.478 e. The third-order valence-corrected chi connectivity index (χ3v) is 6.97. The fourth-order valence-electron chi connectivity index (χ4n) is 5.20. The molecule has 0 aromatic heterocycles. The molecule has 2 rings (SSSR count). The van der Waals surface area contributed by atoms with Gasteiger partial charge in [-0.1, -0.05) is 32.4 Å². The number of carbonyl (C=O) groups is 1. The second-order valence-electron chi connectivity index (χ2n) is 8.21. The molecule has 130 valence electrons. The number of hydrogen-bond donors (Lipinski definition) is 2. The number of aliphatic hydroxyl groups excluding tert-OH is 1. The summed E-state index contributed by atoms with van der Waals surface area (Å²) in [4.78, 5) is 10.9. The molecule has 2 aliphatic carbocycles. The fourth-order valence-corrected chi connectivity index (χ4v) is 5.20. The maximum Gasteiger partial charge on any atom is 0.328 e. The summed E-state index contributed by atoms with van der Waals surface area (Å²) in [6.07, 6.45) is 10.1. The van der Waals surface area contributed by atoms with Gasteiger partial charge in [-0.25, -0.2) is 4.79 Å². The molecule has 1 fully saturated rings. The van der Waals surface area contributed by atoms with E-state index in [2.05, 4.69) is 26.8 Å². The molecule has 0 unspecified atom stereocenters. The molecule has 3 heteroatoms. The normalized spacial score (nSPS) is 38.0. The van der Waals surface area contributed by atoms with Crippen LogP contribution in [0.3, 0.4) is 0 Å². The predicted molar refractivity (Wildman–Crippen MR) is 93.1 cm³/mol. The second kappa shape index (κ2) is 6.80. The average Bonchev–Trinajstić information content (AvgIpc) is 2.48. The van der Waals surface area contributed by atoms with E-state index in [1.54, 1.807) is 0 Å². The maximum atomic E-state index is 10.9. The van der Waals surface area contributed by atoms with E-state index in [0.29, 0.717) is 11.8 Å². The van der Waals surface area contributed by atoms with E-state index in [4.69, 9.17) is 5.11 Å². The van der Waals surface area contributed by atoms with Crippen LogP contribution in [0.25, 0.3) is 0 Å². The molecule has 0 radical (unpaired) electrons. The van der Waals surface area contributed by atoms with E-state index in [1.165, 1.54) is 24.5 Å². The molecule has 0 aromatic carbocycles. The van der Waals surface area contributed by atoms with Crippen LogP contribution in [0, 0.1) is 22.7 Å². The van der Waals surface area contributed by atoms with Gasteiger partial charge in [-0.2, -0.15) is 0 Å². The first-order valence-electron chi connectivity index (χ1n) is 8.94. The zero-order valence-electron chi connectivity index (χ0n) is 15.1. The van der Waals surface area contributed by atoms with Crippen LogP contribution in [-0.2, 0) is 4.79 Å². The minimum Gasteiger partial charge on any atom is -0.478 e. The van der Waals surface area contributed by atoms with Crippen molar-refractivity contribution in [3.8, 4) is 0 Å². The Kier molecular flexibility index (Phi) is 5.40. The highest BCUT2D eigenvalue weighted by molar-refractivity contribution is 5.80. The van der Waals surface area contributed by atoms with Gasteiger partial charge in [0.1, 0.15) is 0 Å². The molecule has 23 heavy (non-hydrogen) atoms. The monoisotopic (exact) mass is 320 g/mol. The summed E-state index contributed by atoms with van der Waals surface area (Å²) >= 11 is 0. The van der Waals surface area contributed by atoms with Gasteiger partial charge < -0.3 is 10.2 Å². The standard InChI is InChI=1S/C20H32O3/c1-14(12-18(22)23)8-10-19(3)15(2)9-11-20(4)16(13-21)6-5-7-17(19)20/h6,12,15,17,21H,5,7-11,13H2,1-4H3,(H,22,23)/b14-12+/t15-,17-,19+,20-/m0/s1. The molecular formula is C20H32O3. The van der Waals surface area contributed by atoms with Crippen molar-refractivity contribution < 1.29 is 15.0 Å². The molecule has 0 spiro atoms. The van der Waals surface area contributed by atoms with E-state index in [0.717, 1.165) is 31.3 Å². The highest BCUT2D eigenvalue weighted by Crippen LogP contribution is 2.61.